The van der Waals surface area contributed by atoms with Crippen LogP contribution in [-0.4, -0.2) is 31.9 Å². The van der Waals surface area contributed by atoms with E-state index in [2.05, 4.69) is 86.4 Å². The van der Waals surface area contributed by atoms with Gasteiger partial charge in [0.15, 0.2) is 0 Å². The minimum atomic E-state index is -1.97. The standard InChI is InChI=1S/C21H29NOSi/c1-21(2)14-19(22-16-21)20(23)15-24(3,17-10-6-4-7-11-17)18-12-8-5-9-13-18/h4-13,19-20,22-23H,14-16H2,1-3H3/t19-,20?/m0/s1. The highest BCUT2D eigenvalue weighted by atomic mass is 28.3. The molecule has 2 nitrogen and oxygen atoms in total. The van der Waals surface area contributed by atoms with E-state index in [1.807, 2.05) is 0 Å². The molecule has 24 heavy (non-hydrogen) atoms. The average Bonchev–Trinajstić information content (AvgIpc) is 2.96. The molecule has 0 amide bonds. The van der Waals surface area contributed by atoms with Crippen LogP contribution >= 0.6 is 0 Å². The Morgan fingerprint density at radius 3 is 1.96 bits per heavy atom. The second-order valence-electron chi connectivity index (χ2n) is 8.19. The molecule has 1 aliphatic heterocycles. The van der Waals surface area contributed by atoms with Gasteiger partial charge in [0.2, 0.25) is 0 Å². The normalized spacial score (nSPS) is 21.6. The maximum Gasteiger partial charge on any atom is 0.117 e. The van der Waals surface area contributed by atoms with Gasteiger partial charge >= 0.3 is 0 Å². The largest absolute Gasteiger partial charge is 0.392 e. The smallest absolute Gasteiger partial charge is 0.117 e. The van der Waals surface area contributed by atoms with Crippen LogP contribution in [-0.2, 0) is 0 Å². The number of aliphatic hydroxyl groups is 1. The van der Waals surface area contributed by atoms with Crippen LogP contribution in [0.3, 0.4) is 0 Å². The predicted molar refractivity (Wildman–Crippen MR) is 105 cm³/mol. The molecule has 3 rings (SSSR count). The first kappa shape index (κ1) is 17.4. The number of nitrogens with one attached hydrogen (secondary N) is 1. The van der Waals surface area contributed by atoms with Crippen LogP contribution in [0, 0.1) is 5.41 Å². The van der Waals surface area contributed by atoms with Crippen molar-refractivity contribution in [3.05, 3.63) is 60.7 Å². The third-order valence-electron chi connectivity index (χ3n) is 5.52. The van der Waals surface area contributed by atoms with E-state index in [4.69, 9.17) is 0 Å². The molecular formula is C21H29NOSi. The lowest BCUT2D eigenvalue weighted by Gasteiger charge is -2.33. The van der Waals surface area contributed by atoms with Crippen molar-refractivity contribution in [2.75, 3.05) is 6.54 Å². The summed E-state index contributed by atoms with van der Waals surface area (Å²) in [5.41, 5.74) is 0.281. The van der Waals surface area contributed by atoms with Gasteiger partial charge in [-0.15, -0.1) is 0 Å². The minimum Gasteiger partial charge on any atom is -0.392 e. The van der Waals surface area contributed by atoms with Crippen LogP contribution in [0.5, 0.6) is 0 Å². The lowest BCUT2D eigenvalue weighted by Crippen LogP contribution is -2.58. The molecule has 2 aromatic rings. The van der Waals surface area contributed by atoms with Gasteiger partial charge in [-0.3, -0.25) is 0 Å². The van der Waals surface area contributed by atoms with Crippen molar-refractivity contribution in [1.82, 2.24) is 5.32 Å². The highest BCUT2D eigenvalue weighted by Crippen LogP contribution is 2.30. The van der Waals surface area contributed by atoms with Crippen molar-refractivity contribution in [2.24, 2.45) is 5.41 Å². The third-order valence-corrected chi connectivity index (χ3v) is 9.97. The predicted octanol–water partition coefficient (Wildman–Crippen LogP) is 2.63. The first-order valence-electron chi connectivity index (χ1n) is 8.93. The van der Waals surface area contributed by atoms with E-state index in [1.165, 1.54) is 10.4 Å². The molecule has 1 fully saturated rings. The lowest BCUT2D eigenvalue weighted by molar-refractivity contribution is 0.148. The topological polar surface area (TPSA) is 32.3 Å². The Morgan fingerprint density at radius 2 is 1.54 bits per heavy atom. The summed E-state index contributed by atoms with van der Waals surface area (Å²) in [5.74, 6) is 0. The Hall–Kier alpha value is -1.42. The fraction of sp³-hybridized carbons (Fsp3) is 0.429. The molecule has 1 unspecified atom stereocenters. The summed E-state index contributed by atoms with van der Waals surface area (Å²) in [5, 5.41) is 17.3. The van der Waals surface area contributed by atoms with E-state index in [0.717, 1.165) is 19.0 Å². The first-order chi connectivity index (χ1) is 11.4. The second-order valence-corrected chi connectivity index (χ2v) is 12.4. The highest BCUT2D eigenvalue weighted by molar-refractivity contribution is 7.01. The Kier molecular flexibility index (Phi) is 4.95. The van der Waals surface area contributed by atoms with Crippen molar-refractivity contribution in [2.45, 2.75) is 45.0 Å². The number of hydrogen-bond donors (Lipinski definition) is 2. The van der Waals surface area contributed by atoms with Gasteiger partial charge in [-0.05, 0) is 17.9 Å². The molecular weight excluding hydrogens is 310 g/mol. The number of aliphatic hydroxyl groups excluding tert-OH is 1. The molecule has 0 aromatic heterocycles. The fourth-order valence-corrected chi connectivity index (χ4v) is 7.78. The number of rotatable bonds is 5. The van der Waals surface area contributed by atoms with Crippen LogP contribution < -0.4 is 15.7 Å². The first-order valence-corrected chi connectivity index (χ1v) is 11.6. The van der Waals surface area contributed by atoms with Gasteiger partial charge in [0, 0.05) is 12.6 Å². The Bertz CT molecular complexity index is 617. The molecule has 2 aromatic carbocycles. The second kappa shape index (κ2) is 6.83. The van der Waals surface area contributed by atoms with Gasteiger partial charge in [-0.25, -0.2) is 0 Å². The van der Waals surface area contributed by atoms with Crippen molar-refractivity contribution in [3.8, 4) is 0 Å². The van der Waals surface area contributed by atoms with Crippen LogP contribution in [0.4, 0.5) is 0 Å². The van der Waals surface area contributed by atoms with Crippen LogP contribution in [0.25, 0.3) is 0 Å². The quantitative estimate of drug-likeness (QED) is 0.821. The van der Waals surface area contributed by atoms with Crippen molar-refractivity contribution >= 4 is 18.4 Å². The minimum absolute atomic E-state index is 0.208. The van der Waals surface area contributed by atoms with E-state index < -0.39 is 8.07 Å². The molecule has 0 aliphatic carbocycles. The van der Waals surface area contributed by atoms with Gasteiger partial charge in [0.1, 0.15) is 8.07 Å². The zero-order chi connectivity index (χ0) is 17.2. The van der Waals surface area contributed by atoms with E-state index >= 15 is 0 Å². The highest BCUT2D eigenvalue weighted by Gasteiger charge is 2.40. The Morgan fingerprint density at radius 1 is 1.04 bits per heavy atom. The SMILES string of the molecule is CC1(C)CN[C@H](C(O)C[Si](C)(c2ccccc2)c2ccccc2)C1. The third kappa shape index (κ3) is 3.64. The van der Waals surface area contributed by atoms with Crippen LogP contribution in [0.15, 0.2) is 60.7 Å². The van der Waals surface area contributed by atoms with Crippen molar-refractivity contribution < 1.29 is 5.11 Å². The van der Waals surface area contributed by atoms with E-state index in [1.54, 1.807) is 0 Å². The Labute approximate surface area is 146 Å². The van der Waals surface area contributed by atoms with Gasteiger partial charge in [-0.1, -0.05) is 91.4 Å². The van der Waals surface area contributed by atoms with Gasteiger partial charge < -0.3 is 10.4 Å². The van der Waals surface area contributed by atoms with Crippen molar-refractivity contribution in [1.29, 1.82) is 0 Å². The average molecular weight is 340 g/mol. The summed E-state index contributed by atoms with van der Waals surface area (Å²) in [7, 11) is -1.97. The Balaban J connectivity index is 1.89. The van der Waals surface area contributed by atoms with E-state index in [-0.39, 0.29) is 17.6 Å². The lowest BCUT2D eigenvalue weighted by atomic mass is 9.89. The molecule has 0 saturated carbocycles. The summed E-state index contributed by atoms with van der Waals surface area (Å²) >= 11 is 0. The monoisotopic (exact) mass is 339 g/mol. The summed E-state index contributed by atoms with van der Waals surface area (Å²) in [4.78, 5) is 0. The zero-order valence-electron chi connectivity index (χ0n) is 15.0. The van der Waals surface area contributed by atoms with Crippen LogP contribution in [0.2, 0.25) is 12.6 Å². The molecule has 0 spiro atoms. The molecule has 3 heteroatoms. The summed E-state index contributed by atoms with van der Waals surface area (Å²) in [6.45, 7) is 7.93. The molecule has 0 bridgehead atoms. The maximum absolute atomic E-state index is 11.0. The molecule has 2 N–H and O–H groups in total. The van der Waals surface area contributed by atoms with Gasteiger partial charge in [-0.2, -0.15) is 0 Å². The maximum atomic E-state index is 11.0. The van der Waals surface area contributed by atoms with E-state index in [9.17, 15) is 5.11 Å². The van der Waals surface area contributed by atoms with Crippen LogP contribution in [0.1, 0.15) is 20.3 Å². The zero-order valence-corrected chi connectivity index (χ0v) is 16.0. The molecule has 1 aliphatic rings. The summed E-state index contributed by atoms with van der Waals surface area (Å²) in [6, 6.07) is 22.6. The molecule has 2 atom stereocenters. The van der Waals surface area contributed by atoms with E-state index in [0.29, 0.717) is 0 Å². The van der Waals surface area contributed by atoms with Gasteiger partial charge in [0.05, 0.1) is 6.10 Å². The molecule has 0 radical (unpaired) electrons. The molecule has 128 valence electrons. The number of benzene rings is 2. The van der Waals surface area contributed by atoms with Gasteiger partial charge in [0.25, 0.3) is 0 Å². The molecule has 1 heterocycles. The fourth-order valence-electron chi connectivity index (χ4n) is 3.99. The molecule has 1 saturated heterocycles. The summed E-state index contributed by atoms with van der Waals surface area (Å²) < 4.78 is 0. The number of hydrogen-bond acceptors (Lipinski definition) is 2. The van der Waals surface area contributed by atoms with Crippen molar-refractivity contribution in [3.63, 3.8) is 0 Å². The summed E-state index contributed by atoms with van der Waals surface area (Å²) in [6.07, 6.45) is 0.742.